The van der Waals surface area contributed by atoms with Gasteiger partial charge in [-0.15, -0.1) is 24.2 Å². The van der Waals surface area contributed by atoms with Crippen molar-refractivity contribution >= 4 is 51.3 Å². The second kappa shape index (κ2) is 8.77. The number of thioether (sulfide) groups is 1. The summed E-state index contributed by atoms with van der Waals surface area (Å²) in [6.45, 7) is 4.40. The van der Waals surface area contributed by atoms with E-state index in [1.54, 1.807) is 10.8 Å². The second-order valence-corrected chi connectivity index (χ2v) is 9.74. The molecule has 0 saturated carbocycles. The van der Waals surface area contributed by atoms with Crippen LogP contribution in [-0.4, -0.2) is 48.3 Å². The van der Waals surface area contributed by atoms with Gasteiger partial charge in [-0.1, -0.05) is 11.6 Å². The number of sulfone groups is 1. The quantitative estimate of drug-likeness (QED) is 0.404. The Morgan fingerprint density at radius 2 is 1.93 bits per heavy atom. The highest BCUT2D eigenvalue weighted by molar-refractivity contribution is 7.99. The molecule has 0 N–H and O–H groups in total. The maximum absolute atomic E-state index is 13.5. The van der Waals surface area contributed by atoms with Crippen LogP contribution in [0, 0.1) is 19.7 Å². The van der Waals surface area contributed by atoms with E-state index in [9.17, 15) is 12.8 Å². The van der Waals surface area contributed by atoms with Crippen molar-refractivity contribution in [3.8, 4) is 0 Å². The third-order valence-corrected chi connectivity index (χ3v) is 7.27. The van der Waals surface area contributed by atoms with Crippen LogP contribution in [0.4, 0.5) is 4.39 Å². The first kappa shape index (κ1) is 23.9. The molecule has 158 valence electrons. The Bertz CT molecular complexity index is 1180. The average Bonchev–Trinajstić information content (AvgIpc) is 3.00. The molecule has 3 aromatic rings. The molecule has 0 aliphatic carbocycles. The summed E-state index contributed by atoms with van der Waals surface area (Å²) < 4.78 is 41.8. The lowest BCUT2D eigenvalue weighted by molar-refractivity contribution is 0.398. The van der Waals surface area contributed by atoms with Crippen molar-refractivity contribution in [2.45, 2.75) is 35.2 Å². The Kier molecular flexibility index (Phi) is 7.22. The van der Waals surface area contributed by atoms with Gasteiger partial charge in [0.2, 0.25) is 9.84 Å². The molecule has 0 aliphatic rings. The standard InChI is InChI=1S/C18H20ClFN4O2S2.ClH/c1-10-13(9-23(3)4)11(2)24-17(21-10)16(18(22-24)27-5)28(25,26)12-6-7-15(20)14(19)8-12;/h6-8H,9H2,1-5H3;1H. The normalized spacial score (nSPS) is 11.9. The number of aromatic nitrogens is 3. The highest BCUT2D eigenvalue weighted by Crippen LogP contribution is 2.34. The van der Waals surface area contributed by atoms with Gasteiger partial charge in [-0.25, -0.2) is 22.3 Å². The lowest BCUT2D eigenvalue weighted by atomic mass is 10.1. The number of nitrogens with zero attached hydrogens (tertiary/aromatic N) is 4. The van der Waals surface area contributed by atoms with Gasteiger partial charge in [0.05, 0.1) is 9.92 Å². The number of hydrogen-bond acceptors (Lipinski definition) is 6. The summed E-state index contributed by atoms with van der Waals surface area (Å²) in [6, 6.07) is 3.35. The minimum atomic E-state index is -4.00. The van der Waals surface area contributed by atoms with Crippen LogP contribution in [0.15, 0.2) is 33.0 Å². The molecule has 6 nitrogen and oxygen atoms in total. The molecule has 0 bridgehead atoms. The molecule has 0 atom stereocenters. The number of hydrogen-bond donors (Lipinski definition) is 0. The number of aryl methyl sites for hydroxylation is 2. The molecule has 3 rings (SSSR count). The number of rotatable bonds is 5. The van der Waals surface area contributed by atoms with Crippen molar-refractivity contribution in [1.82, 2.24) is 19.5 Å². The molecular weight excluding hydrogens is 458 g/mol. The molecule has 29 heavy (non-hydrogen) atoms. The molecule has 2 aromatic heterocycles. The van der Waals surface area contributed by atoms with Crippen LogP contribution in [0.3, 0.4) is 0 Å². The third kappa shape index (κ3) is 4.25. The zero-order chi connectivity index (χ0) is 20.8. The van der Waals surface area contributed by atoms with Gasteiger partial charge in [-0.2, -0.15) is 5.10 Å². The summed E-state index contributed by atoms with van der Waals surface area (Å²) in [7, 11) is -0.0978. The molecule has 0 aliphatic heterocycles. The van der Waals surface area contributed by atoms with Gasteiger partial charge < -0.3 is 4.90 Å². The zero-order valence-electron chi connectivity index (χ0n) is 16.5. The van der Waals surface area contributed by atoms with Crippen LogP contribution < -0.4 is 0 Å². The molecule has 0 fully saturated rings. The first-order valence-corrected chi connectivity index (χ1v) is 11.4. The van der Waals surface area contributed by atoms with Gasteiger partial charge >= 0.3 is 0 Å². The first-order chi connectivity index (χ1) is 13.1. The zero-order valence-corrected chi connectivity index (χ0v) is 19.7. The number of benzene rings is 1. The smallest absolute Gasteiger partial charge is 0.213 e. The fourth-order valence-corrected chi connectivity index (χ4v) is 5.66. The summed E-state index contributed by atoms with van der Waals surface area (Å²) >= 11 is 7.02. The van der Waals surface area contributed by atoms with Crippen LogP contribution in [-0.2, 0) is 16.4 Å². The van der Waals surface area contributed by atoms with Crippen LogP contribution in [0.25, 0.3) is 5.65 Å². The van der Waals surface area contributed by atoms with E-state index in [4.69, 9.17) is 11.6 Å². The van der Waals surface area contributed by atoms with Crippen molar-refractivity contribution < 1.29 is 12.8 Å². The maximum atomic E-state index is 13.5. The van der Waals surface area contributed by atoms with Gasteiger partial charge in [-0.05, 0) is 52.4 Å². The minimum absolute atomic E-state index is 0. The van der Waals surface area contributed by atoms with Crippen LogP contribution in [0.2, 0.25) is 5.02 Å². The van der Waals surface area contributed by atoms with Crippen molar-refractivity contribution in [3.05, 3.63) is 46.0 Å². The summed E-state index contributed by atoms with van der Waals surface area (Å²) in [4.78, 5) is 6.48. The fourth-order valence-electron chi connectivity index (χ4n) is 3.00. The monoisotopic (exact) mass is 478 g/mol. The molecule has 0 spiro atoms. The Labute approximate surface area is 184 Å². The van der Waals surface area contributed by atoms with E-state index in [0.717, 1.165) is 29.1 Å². The van der Waals surface area contributed by atoms with Gasteiger partial charge in [0.1, 0.15) is 10.8 Å². The SMILES string of the molecule is CSc1nn2c(C)c(CN(C)C)c(C)nc2c1S(=O)(=O)c1ccc(F)c(Cl)c1.Cl. The highest BCUT2D eigenvalue weighted by Gasteiger charge is 2.30. The van der Waals surface area contributed by atoms with Gasteiger partial charge in [0.15, 0.2) is 10.5 Å². The summed E-state index contributed by atoms with van der Waals surface area (Å²) in [5, 5.41) is 4.56. The van der Waals surface area contributed by atoms with E-state index in [1.165, 1.54) is 17.8 Å². The Morgan fingerprint density at radius 1 is 1.28 bits per heavy atom. The predicted octanol–water partition coefficient (Wildman–Crippen LogP) is 4.18. The molecule has 1 aromatic carbocycles. The largest absolute Gasteiger partial charge is 0.305 e. The summed E-state index contributed by atoms with van der Waals surface area (Å²) in [5.41, 5.74) is 2.80. The summed E-state index contributed by atoms with van der Waals surface area (Å²) in [5.74, 6) is -0.677. The van der Waals surface area contributed by atoms with Crippen LogP contribution in [0.1, 0.15) is 17.0 Å². The second-order valence-electron chi connectivity index (χ2n) is 6.65. The topological polar surface area (TPSA) is 67.6 Å². The molecule has 0 unspecified atom stereocenters. The van der Waals surface area contributed by atoms with Crippen molar-refractivity contribution in [2.75, 3.05) is 20.4 Å². The Morgan fingerprint density at radius 3 is 2.48 bits per heavy atom. The van der Waals surface area contributed by atoms with Crippen LogP contribution >= 0.6 is 35.8 Å². The van der Waals surface area contributed by atoms with Gasteiger partial charge in [-0.3, -0.25) is 0 Å². The van der Waals surface area contributed by atoms with E-state index < -0.39 is 15.7 Å². The molecule has 0 radical (unpaired) electrons. The Balaban J connectivity index is 0.00000300. The lowest BCUT2D eigenvalue weighted by Gasteiger charge is -2.15. The molecule has 0 amide bonds. The highest BCUT2D eigenvalue weighted by atomic mass is 35.5. The minimum Gasteiger partial charge on any atom is -0.305 e. The Hall–Kier alpha value is -1.39. The summed E-state index contributed by atoms with van der Waals surface area (Å²) in [6.07, 6.45) is 1.75. The van der Waals surface area contributed by atoms with E-state index in [1.807, 2.05) is 32.8 Å². The van der Waals surface area contributed by atoms with Crippen LogP contribution in [0.5, 0.6) is 0 Å². The predicted molar refractivity (Wildman–Crippen MR) is 116 cm³/mol. The van der Waals surface area contributed by atoms with Crippen molar-refractivity contribution in [3.63, 3.8) is 0 Å². The third-order valence-electron chi connectivity index (χ3n) is 4.39. The van der Waals surface area contributed by atoms with Gasteiger partial charge in [0, 0.05) is 23.5 Å². The molecular formula is C18H21Cl2FN4O2S2. The average molecular weight is 479 g/mol. The molecule has 11 heteroatoms. The fraction of sp³-hybridized carbons (Fsp3) is 0.333. The van der Waals surface area contributed by atoms with Crippen molar-refractivity contribution in [2.24, 2.45) is 0 Å². The maximum Gasteiger partial charge on any atom is 0.213 e. The van der Waals surface area contributed by atoms with E-state index in [0.29, 0.717) is 11.6 Å². The number of fused-ring (bicyclic) bond motifs is 1. The van der Waals surface area contributed by atoms with Gasteiger partial charge in [0.25, 0.3) is 0 Å². The van der Waals surface area contributed by atoms with Crippen molar-refractivity contribution in [1.29, 1.82) is 0 Å². The van der Waals surface area contributed by atoms with E-state index in [-0.39, 0.29) is 32.9 Å². The molecule has 0 saturated heterocycles. The van der Waals surface area contributed by atoms with E-state index >= 15 is 0 Å². The lowest BCUT2D eigenvalue weighted by Crippen LogP contribution is -2.16. The molecule has 2 heterocycles. The first-order valence-electron chi connectivity index (χ1n) is 8.35. The number of halogens is 3. The van der Waals surface area contributed by atoms with E-state index in [2.05, 4.69) is 10.1 Å².